The van der Waals surface area contributed by atoms with Crippen LogP contribution in [0, 0.1) is 5.92 Å². The van der Waals surface area contributed by atoms with Crippen molar-refractivity contribution in [3.63, 3.8) is 0 Å². The standard InChI is InChI=1S/C11H21N3O2S/c1-3-17-9-6-4-5-8(9)13-11(15)7(2)10(12)14-16/h7-9,16H,3-6H2,1-2H3,(H2,12,14)(H,13,15). The van der Waals surface area contributed by atoms with Crippen LogP contribution in [0.1, 0.15) is 33.1 Å². The molecule has 0 aromatic heterocycles. The first kappa shape index (κ1) is 14.2. The number of amides is 1. The molecular weight excluding hydrogens is 238 g/mol. The minimum absolute atomic E-state index is 0.0415. The third-order valence-corrected chi connectivity index (χ3v) is 4.44. The number of nitrogens with one attached hydrogen (secondary N) is 1. The van der Waals surface area contributed by atoms with Gasteiger partial charge >= 0.3 is 0 Å². The Morgan fingerprint density at radius 1 is 1.65 bits per heavy atom. The highest BCUT2D eigenvalue weighted by Crippen LogP contribution is 2.29. The summed E-state index contributed by atoms with van der Waals surface area (Å²) < 4.78 is 0. The summed E-state index contributed by atoms with van der Waals surface area (Å²) >= 11 is 1.89. The van der Waals surface area contributed by atoms with Gasteiger partial charge in [-0.05, 0) is 25.5 Å². The van der Waals surface area contributed by atoms with Crippen molar-refractivity contribution < 1.29 is 10.0 Å². The van der Waals surface area contributed by atoms with Crippen molar-refractivity contribution in [1.82, 2.24) is 5.32 Å². The van der Waals surface area contributed by atoms with Crippen LogP contribution in [0.3, 0.4) is 0 Å². The first-order chi connectivity index (χ1) is 8.10. The van der Waals surface area contributed by atoms with Crippen molar-refractivity contribution in [2.45, 2.75) is 44.4 Å². The number of oxime groups is 1. The summed E-state index contributed by atoms with van der Waals surface area (Å²) in [5, 5.41) is 14.9. The van der Waals surface area contributed by atoms with Gasteiger partial charge in [-0.2, -0.15) is 11.8 Å². The Kier molecular flexibility index (Phi) is 5.61. The molecule has 0 aromatic carbocycles. The van der Waals surface area contributed by atoms with E-state index >= 15 is 0 Å². The third-order valence-electron chi connectivity index (χ3n) is 3.11. The van der Waals surface area contributed by atoms with Crippen molar-refractivity contribution in [2.75, 3.05) is 5.75 Å². The minimum atomic E-state index is -0.576. The smallest absolute Gasteiger partial charge is 0.230 e. The molecule has 98 valence electrons. The quantitative estimate of drug-likeness (QED) is 0.299. The SMILES string of the molecule is CCSC1CCCC1NC(=O)C(C)C(N)=NO. The van der Waals surface area contributed by atoms with Gasteiger partial charge in [-0.1, -0.05) is 18.5 Å². The van der Waals surface area contributed by atoms with Crippen LogP contribution in [-0.4, -0.2) is 34.0 Å². The van der Waals surface area contributed by atoms with E-state index in [0.29, 0.717) is 5.25 Å². The molecule has 0 saturated heterocycles. The van der Waals surface area contributed by atoms with Gasteiger partial charge in [-0.25, -0.2) is 0 Å². The van der Waals surface area contributed by atoms with Crippen molar-refractivity contribution in [3.05, 3.63) is 0 Å². The predicted octanol–water partition coefficient (Wildman–Crippen LogP) is 1.16. The summed E-state index contributed by atoms with van der Waals surface area (Å²) in [4.78, 5) is 11.9. The van der Waals surface area contributed by atoms with Crippen LogP contribution in [0.25, 0.3) is 0 Å². The summed E-state index contributed by atoms with van der Waals surface area (Å²) in [6.07, 6.45) is 3.33. The van der Waals surface area contributed by atoms with Crippen LogP contribution in [0.5, 0.6) is 0 Å². The second-order valence-corrected chi connectivity index (χ2v) is 5.80. The van der Waals surface area contributed by atoms with Crippen molar-refractivity contribution in [2.24, 2.45) is 16.8 Å². The molecule has 1 rings (SSSR count). The summed E-state index contributed by atoms with van der Waals surface area (Å²) in [7, 11) is 0. The lowest BCUT2D eigenvalue weighted by atomic mass is 10.1. The van der Waals surface area contributed by atoms with Crippen LogP contribution < -0.4 is 11.1 Å². The van der Waals surface area contributed by atoms with Crippen LogP contribution in [0.2, 0.25) is 0 Å². The lowest BCUT2D eigenvalue weighted by Crippen LogP contribution is -2.44. The molecule has 0 bridgehead atoms. The number of hydrogen-bond donors (Lipinski definition) is 3. The predicted molar refractivity (Wildman–Crippen MR) is 70.3 cm³/mol. The largest absolute Gasteiger partial charge is 0.409 e. The van der Waals surface area contributed by atoms with Gasteiger partial charge in [0.2, 0.25) is 5.91 Å². The Morgan fingerprint density at radius 3 is 2.94 bits per heavy atom. The fraction of sp³-hybridized carbons (Fsp3) is 0.818. The number of carbonyl (C=O) groups is 1. The normalized spacial score (nSPS) is 26.8. The summed E-state index contributed by atoms with van der Waals surface area (Å²) in [5.41, 5.74) is 5.42. The highest BCUT2D eigenvalue weighted by molar-refractivity contribution is 7.99. The van der Waals surface area contributed by atoms with Gasteiger partial charge in [0.15, 0.2) is 5.84 Å². The molecule has 0 spiro atoms. The van der Waals surface area contributed by atoms with E-state index < -0.39 is 5.92 Å². The Bertz CT molecular complexity index is 296. The van der Waals surface area contributed by atoms with E-state index in [4.69, 9.17) is 10.9 Å². The Balaban J connectivity index is 2.50. The zero-order chi connectivity index (χ0) is 12.8. The first-order valence-corrected chi connectivity index (χ1v) is 7.04. The van der Waals surface area contributed by atoms with E-state index in [2.05, 4.69) is 17.4 Å². The van der Waals surface area contributed by atoms with Crippen molar-refractivity contribution in [3.8, 4) is 0 Å². The number of nitrogens with two attached hydrogens (primary N) is 1. The van der Waals surface area contributed by atoms with Gasteiger partial charge < -0.3 is 16.3 Å². The third kappa shape index (κ3) is 3.80. The molecular formula is C11H21N3O2S. The minimum Gasteiger partial charge on any atom is -0.409 e. The summed E-state index contributed by atoms with van der Waals surface area (Å²) in [5.74, 6) is 0.286. The zero-order valence-corrected chi connectivity index (χ0v) is 11.2. The maximum absolute atomic E-state index is 11.9. The molecule has 17 heavy (non-hydrogen) atoms. The van der Waals surface area contributed by atoms with E-state index in [1.54, 1.807) is 6.92 Å². The Morgan fingerprint density at radius 2 is 2.35 bits per heavy atom. The molecule has 1 aliphatic carbocycles. The molecule has 0 aliphatic heterocycles. The molecule has 3 atom stereocenters. The van der Waals surface area contributed by atoms with Gasteiger partial charge in [-0.3, -0.25) is 4.79 Å². The molecule has 1 aliphatic rings. The maximum atomic E-state index is 11.9. The number of hydrogen-bond acceptors (Lipinski definition) is 4. The van der Waals surface area contributed by atoms with E-state index in [1.807, 2.05) is 11.8 Å². The first-order valence-electron chi connectivity index (χ1n) is 5.99. The van der Waals surface area contributed by atoms with E-state index in [-0.39, 0.29) is 17.8 Å². The number of amidine groups is 1. The summed E-state index contributed by atoms with van der Waals surface area (Å²) in [6, 6.07) is 0.224. The van der Waals surface area contributed by atoms with E-state index in [0.717, 1.165) is 25.0 Å². The van der Waals surface area contributed by atoms with E-state index in [1.165, 1.54) is 0 Å². The Hall–Kier alpha value is -0.910. The number of rotatable bonds is 5. The number of thioether (sulfide) groups is 1. The molecule has 6 heteroatoms. The molecule has 3 unspecified atom stereocenters. The number of carbonyl (C=O) groups excluding carboxylic acids is 1. The maximum Gasteiger partial charge on any atom is 0.230 e. The average molecular weight is 259 g/mol. The highest BCUT2D eigenvalue weighted by atomic mass is 32.2. The lowest BCUT2D eigenvalue weighted by Gasteiger charge is -2.21. The molecule has 4 N–H and O–H groups in total. The molecule has 1 saturated carbocycles. The van der Waals surface area contributed by atoms with Gasteiger partial charge in [-0.15, -0.1) is 0 Å². The molecule has 0 radical (unpaired) electrons. The van der Waals surface area contributed by atoms with Gasteiger partial charge in [0.05, 0.1) is 5.92 Å². The van der Waals surface area contributed by atoms with Crippen molar-refractivity contribution >= 4 is 23.5 Å². The second kappa shape index (κ2) is 6.74. The fourth-order valence-electron chi connectivity index (χ4n) is 2.03. The second-order valence-electron chi connectivity index (χ2n) is 4.29. The summed E-state index contributed by atoms with van der Waals surface area (Å²) in [6.45, 7) is 3.77. The number of nitrogens with zero attached hydrogens (tertiary/aromatic N) is 1. The van der Waals surface area contributed by atoms with Crippen LogP contribution in [0.4, 0.5) is 0 Å². The lowest BCUT2D eigenvalue weighted by molar-refractivity contribution is -0.123. The molecule has 1 fully saturated rings. The van der Waals surface area contributed by atoms with Gasteiger partial charge in [0.25, 0.3) is 0 Å². The van der Waals surface area contributed by atoms with Crippen LogP contribution in [0.15, 0.2) is 5.16 Å². The molecule has 5 nitrogen and oxygen atoms in total. The molecule has 0 heterocycles. The van der Waals surface area contributed by atoms with E-state index in [9.17, 15) is 4.79 Å². The Labute approximate surface area is 106 Å². The fourth-order valence-corrected chi connectivity index (χ4v) is 3.23. The molecule has 1 amide bonds. The van der Waals surface area contributed by atoms with Gasteiger partial charge in [0.1, 0.15) is 0 Å². The average Bonchev–Trinajstić information content (AvgIpc) is 2.75. The topological polar surface area (TPSA) is 87.7 Å². The monoisotopic (exact) mass is 259 g/mol. The van der Waals surface area contributed by atoms with Gasteiger partial charge in [0, 0.05) is 11.3 Å². The highest BCUT2D eigenvalue weighted by Gasteiger charge is 2.30. The molecule has 0 aromatic rings. The van der Waals surface area contributed by atoms with Crippen molar-refractivity contribution in [1.29, 1.82) is 0 Å². The van der Waals surface area contributed by atoms with Crippen LogP contribution >= 0.6 is 11.8 Å². The van der Waals surface area contributed by atoms with Crippen LogP contribution in [-0.2, 0) is 4.79 Å². The zero-order valence-electron chi connectivity index (χ0n) is 10.3.